The highest BCUT2D eigenvalue weighted by Crippen LogP contribution is 2.35. The minimum absolute atomic E-state index is 0.148. The molecule has 0 N–H and O–H groups in total. The van der Waals surface area contributed by atoms with Gasteiger partial charge in [0.15, 0.2) is 11.8 Å². The van der Waals surface area contributed by atoms with Crippen molar-refractivity contribution in [2.45, 2.75) is 24.8 Å². The van der Waals surface area contributed by atoms with E-state index in [4.69, 9.17) is 10.00 Å². The van der Waals surface area contributed by atoms with Crippen LogP contribution < -0.4 is 4.74 Å². The maximum Gasteiger partial charge on any atom is 0.298 e. The molecule has 1 atom stereocenters. The summed E-state index contributed by atoms with van der Waals surface area (Å²) in [5.74, 6) is -3.39. The van der Waals surface area contributed by atoms with Gasteiger partial charge in [0.2, 0.25) is 5.91 Å². The lowest BCUT2D eigenvalue weighted by molar-refractivity contribution is -0.181. The lowest BCUT2D eigenvalue weighted by Crippen LogP contribution is -2.66. The van der Waals surface area contributed by atoms with Crippen LogP contribution in [0, 0.1) is 11.3 Å². The van der Waals surface area contributed by atoms with E-state index in [9.17, 15) is 18.4 Å². The van der Waals surface area contributed by atoms with Gasteiger partial charge in [-0.1, -0.05) is 18.2 Å². The summed E-state index contributed by atoms with van der Waals surface area (Å²) in [4.78, 5) is 30.2. The molecule has 3 aromatic rings. The van der Waals surface area contributed by atoms with Crippen LogP contribution in [0.2, 0.25) is 0 Å². The van der Waals surface area contributed by atoms with Crippen LogP contribution in [0.4, 0.5) is 8.78 Å². The van der Waals surface area contributed by atoms with Crippen LogP contribution in [0.3, 0.4) is 0 Å². The van der Waals surface area contributed by atoms with E-state index in [1.807, 2.05) is 42.5 Å². The van der Waals surface area contributed by atoms with Crippen molar-refractivity contribution in [2.24, 2.45) is 0 Å². The van der Waals surface area contributed by atoms with E-state index in [1.165, 1.54) is 12.3 Å². The Bertz CT molecular complexity index is 1240. The van der Waals surface area contributed by atoms with Crippen LogP contribution in [-0.4, -0.2) is 47.2 Å². The van der Waals surface area contributed by atoms with E-state index >= 15 is 0 Å². The zero-order chi connectivity index (χ0) is 22.9. The molecule has 1 aliphatic rings. The smallest absolute Gasteiger partial charge is 0.298 e. The van der Waals surface area contributed by atoms with Gasteiger partial charge < -0.3 is 9.64 Å². The van der Waals surface area contributed by atoms with Gasteiger partial charge in [-0.05, 0) is 41.5 Å². The largest absolute Gasteiger partial charge is 0.497 e. The number of Topliss-reactive ketones (excluding diaryl/α,β-unsaturated/α-hetero) is 1. The first-order valence-corrected chi connectivity index (χ1v) is 9.97. The number of pyridine rings is 1. The average molecular weight is 435 g/mol. The van der Waals surface area contributed by atoms with Gasteiger partial charge >= 0.3 is 0 Å². The Morgan fingerprint density at radius 2 is 1.88 bits per heavy atom. The Kier molecular flexibility index (Phi) is 5.57. The molecule has 0 aliphatic carbocycles. The van der Waals surface area contributed by atoms with Gasteiger partial charge in [0.1, 0.15) is 5.75 Å². The molecule has 1 fully saturated rings. The molecule has 0 spiro atoms. The third kappa shape index (κ3) is 3.89. The number of fused-ring (bicyclic) bond motifs is 1. The number of alkyl halides is 2. The average Bonchev–Trinajstić information content (AvgIpc) is 2.80. The van der Waals surface area contributed by atoms with Gasteiger partial charge in [-0.15, -0.1) is 0 Å². The van der Waals surface area contributed by atoms with E-state index in [0.717, 1.165) is 21.8 Å². The minimum Gasteiger partial charge on any atom is -0.497 e. The Morgan fingerprint density at radius 3 is 2.53 bits per heavy atom. The Balaban J connectivity index is 1.53. The lowest BCUT2D eigenvalue weighted by atomic mass is 9.96. The van der Waals surface area contributed by atoms with Crippen LogP contribution in [0.5, 0.6) is 5.75 Å². The molecule has 0 saturated carbocycles. The molecule has 32 heavy (non-hydrogen) atoms. The highest BCUT2D eigenvalue weighted by Gasteiger charge is 2.57. The molecule has 6 nitrogen and oxygen atoms in total. The van der Waals surface area contributed by atoms with E-state index in [1.54, 1.807) is 13.2 Å². The first-order valence-electron chi connectivity index (χ1n) is 9.97. The number of methoxy groups -OCH3 is 1. The topological polar surface area (TPSA) is 83.3 Å². The number of benzene rings is 2. The second kappa shape index (κ2) is 8.35. The summed E-state index contributed by atoms with van der Waals surface area (Å²) in [6, 6.07) is 14.4. The highest BCUT2D eigenvalue weighted by molar-refractivity contribution is 6.08. The zero-order valence-electron chi connectivity index (χ0n) is 17.2. The molecule has 162 valence electrons. The zero-order valence-corrected chi connectivity index (χ0v) is 17.2. The summed E-state index contributed by atoms with van der Waals surface area (Å²) in [6.45, 7) is -0.790. The summed E-state index contributed by atoms with van der Waals surface area (Å²) in [6.07, 6.45) is 1.13. The van der Waals surface area contributed by atoms with Crippen LogP contribution in [0.15, 0.2) is 54.7 Å². The fraction of sp³-hybridized carbons (Fsp3) is 0.250. The monoisotopic (exact) mass is 435 g/mol. The number of carbonyl (C=O) groups excluding carboxylic acids is 2. The molecule has 2 heterocycles. The fourth-order valence-corrected chi connectivity index (χ4v) is 3.77. The predicted octanol–water partition coefficient (Wildman–Crippen LogP) is 4.24. The predicted molar refractivity (Wildman–Crippen MR) is 113 cm³/mol. The van der Waals surface area contributed by atoms with E-state index in [-0.39, 0.29) is 18.6 Å². The number of ketones is 1. The fourth-order valence-electron chi connectivity index (χ4n) is 3.77. The molecule has 1 aliphatic heterocycles. The van der Waals surface area contributed by atoms with Gasteiger partial charge in [0.05, 0.1) is 25.2 Å². The van der Waals surface area contributed by atoms with Crippen molar-refractivity contribution in [1.82, 2.24) is 9.88 Å². The molecular formula is C24H19F2N3O3. The number of amides is 1. The number of ether oxygens (including phenoxy) is 1. The summed E-state index contributed by atoms with van der Waals surface area (Å²) in [5.41, 5.74) is 2.86. The summed E-state index contributed by atoms with van der Waals surface area (Å²) >= 11 is 0. The molecular weight excluding hydrogens is 416 g/mol. The number of nitrogens with zero attached hydrogens (tertiary/aromatic N) is 3. The lowest BCUT2D eigenvalue weighted by Gasteiger charge is -2.43. The van der Waals surface area contributed by atoms with Crippen molar-refractivity contribution in [1.29, 1.82) is 5.26 Å². The quantitative estimate of drug-likeness (QED) is 0.541. The van der Waals surface area contributed by atoms with Crippen molar-refractivity contribution in [3.05, 3.63) is 60.3 Å². The Labute approximate surface area is 183 Å². The van der Waals surface area contributed by atoms with Gasteiger partial charge in [-0.2, -0.15) is 5.26 Å². The summed E-state index contributed by atoms with van der Waals surface area (Å²) < 4.78 is 31.9. The summed E-state index contributed by atoms with van der Waals surface area (Å²) in [5, 5.41) is 9.50. The molecule has 4 rings (SSSR count). The number of likely N-dealkylation sites (tertiary alicyclic amines) is 1. The number of rotatable bonds is 6. The third-order valence-electron chi connectivity index (χ3n) is 5.57. The van der Waals surface area contributed by atoms with E-state index in [0.29, 0.717) is 16.5 Å². The molecule has 1 aromatic heterocycles. The van der Waals surface area contributed by atoms with Gasteiger partial charge in [-0.3, -0.25) is 14.6 Å². The second-order valence-electron chi connectivity index (χ2n) is 7.56. The van der Waals surface area contributed by atoms with Gasteiger partial charge in [-0.25, -0.2) is 8.78 Å². The first-order chi connectivity index (χ1) is 15.3. The van der Waals surface area contributed by atoms with E-state index < -0.39 is 24.4 Å². The standard InChI is InChI=1S/C24H19F2N3O3/c1-32-17-5-2-15(3-6-17)16-4-7-20-19(12-16)18(10-11-28-20)21(30)8-9-23(31)29-14-24(25,26)22(29)13-27/h2-7,10-12,22H,8-9,14H2,1H3/t22-/m1/s1. The van der Waals surface area contributed by atoms with E-state index in [2.05, 4.69) is 4.98 Å². The van der Waals surface area contributed by atoms with Crippen LogP contribution >= 0.6 is 0 Å². The van der Waals surface area contributed by atoms with Crippen molar-refractivity contribution in [3.63, 3.8) is 0 Å². The van der Waals surface area contributed by atoms with Crippen molar-refractivity contribution < 1.29 is 23.1 Å². The molecule has 1 saturated heterocycles. The Morgan fingerprint density at radius 1 is 1.16 bits per heavy atom. The molecule has 1 amide bonds. The number of halogens is 2. The van der Waals surface area contributed by atoms with Crippen LogP contribution in [0.1, 0.15) is 23.2 Å². The maximum atomic E-state index is 13.4. The highest BCUT2D eigenvalue weighted by atomic mass is 19.3. The van der Waals surface area contributed by atoms with Crippen LogP contribution in [0.25, 0.3) is 22.0 Å². The van der Waals surface area contributed by atoms with Gasteiger partial charge in [0, 0.05) is 30.0 Å². The SMILES string of the molecule is COc1ccc(-c2ccc3nccc(C(=O)CCC(=O)N4CC(F)(F)[C@H]4C#N)c3c2)cc1. The van der Waals surface area contributed by atoms with Crippen molar-refractivity contribution in [2.75, 3.05) is 13.7 Å². The number of hydrogen-bond acceptors (Lipinski definition) is 5. The normalized spacial score (nSPS) is 16.8. The molecule has 0 bridgehead atoms. The van der Waals surface area contributed by atoms with Gasteiger partial charge in [0.25, 0.3) is 5.92 Å². The van der Waals surface area contributed by atoms with Crippen molar-refractivity contribution in [3.8, 4) is 22.9 Å². The number of nitriles is 1. The van der Waals surface area contributed by atoms with Crippen LogP contribution in [-0.2, 0) is 4.79 Å². The first kappa shape index (κ1) is 21.4. The third-order valence-corrected chi connectivity index (χ3v) is 5.57. The molecule has 8 heteroatoms. The number of aromatic nitrogens is 1. The minimum atomic E-state index is -3.20. The second-order valence-corrected chi connectivity index (χ2v) is 7.56. The summed E-state index contributed by atoms with van der Waals surface area (Å²) in [7, 11) is 1.59. The number of carbonyl (C=O) groups is 2. The molecule has 0 radical (unpaired) electrons. The van der Waals surface area contributed by atoms with Crippen molar-refractivity contribution >= 4 is 22.6 Å². The molecule has 0 unspecified atom stereocenters. The molecule has 2 aromatic carbocycles. The Hall–Kier alpha value is -3.86. The maximum absolute atomic E-state index is 13.4. The number of hydrogen-bond donors (Lipinski definition) is 0.